The Balaban J connectivity index is 2.38. The minimum absolute atomic E-state index is 0.164. The van der Waals surface area contributed by atoms with Crippen LogP contribution < -0.4 is 10.6 Å². The number of hydrogen-bond acceptors (Lipinski definition) is 2. The molecular formula is C13H18N2O. The van der Waals surface area contributed by atoms with Crippen molar-refractivity contribution in [2.75, 3.05) is 17.2 Å². The summed E-state index contributed by atoms with van der Waals surface area (Å²) >= 11 is 0. The minimum atomic E-state index is -0.341. The van der Waals surface area contributed by atoms with Crippen LogP contribution in [0.1, 0.15) is 26.3 Å². The fourth-order valence-electron chi connectivity index (χ4n) is 2.08. The molecule has 86 valence electrons. The van der Waals surface area contributed by atoms with Gasteiger partial charge in [0, 0.05) is 28.9 Å². The molecule has 1 aromatic rings. The van der Waals surface area contributed by atoms with E-state index in [4.69, 9.17) is 5.73 Å². The Labute approximate surface area is 96.2 Å². The molecule has 0 fully saturated rings. The van der Waals surface area contributed by atoms with Crippen molar-refractivity contribution in [1.82, 2.24) is 0 Å². The van der Waals surface area contributed by atoms with Gasteiger partial charge in [0.15, 0.2) is 0 Å². The van der Waals surface area contributed by atoms with Crippen LogP contribution in [0.5, 0.6) is 0 Å². The maximum atomic E-state index is 12.2. The Morgan fingerprint density at radius 3 is 2.69 bits per heavy atom. The van der Waals surface area contributed by atoms with Crippen molar-refractivity contribution >= 4 is 17.3 Å². The number of rotatable bonds is 0. The van der Waals surface area contributed by atoms with Crippen LogP contribution in [-0.4, -0.2) is 12.5 Å². The number of nitrogens with zero attached hydrogens (tertiary/aromatic N) is 1. The number of nitrogens with two attached hydrogens (primary N) is 1. The van der Waals surface area contributed by atoms with Crippen molar-refractivity contribution in [3.05, 3.63) is 23.8 Å². The molecule has 16 heavy (non-hydrogen) atoms. The number of amides is 1. The van der Waals surface area contributed by atoms with Gasteiger partial charge >= 0.3 is 0 Å². The van der Waals surface area contributed by atoms with E-state index < -0.39 is 0 Å². The average Bonchev–Trinajstić information content (AvgIpc) is 2.60. The van der Waals surface area contributed by atoms with Gasteiger partial charge in [-0.25, -0.2) is 0 Å². The topological polar surface area (TPSA) is 46.3 Å². The predicted molar refractivity (Wildman–Crippen MR) is 66.4 cm³/mol. The van der Waals surface area contributed by atoms with Gasteiger partial charge in [0.2, 0.25) is 5.91 Å². The van der Waals surface area contributed by atoms with Crippen LogP contribution in [0, 0.1) is 5.41 Å². The van der Waals surface area contributed by atoms with Gasteiger partial charge in [0.1, 0.15) is 0 Å². The summed E-state index contributed by atoms with van der Waals surface area (Å²) in [5, 5.41) is 0. The zero-order valence-electron chi connectivity index (χ0n) is 10.1. The van der Waals surface area contributed by atoms with Crippen LogP contribution in [0.2, 0.25) is 0 Å². The zero-order chi connectivity index (χ0) is 11.9. The van der Waals surface area contributed by atoms with Crippen LogP contribution in [0.25, 0.3) is 0 Å². The molecule has 0 saturated heterocycles. The second-order valence-corrected chi connectivity index (χ2v) is 5.30. The van der Waals surface area contributed by atoms with E-state index in [1.807, 2.05) is 43.9 Å². The summed E-state index contributed by atoms with van der Waals surface area (Å²) < 4.78 is 0. The molecule has 0 bridgehead atoms. The van der Waals surface area contributed by atoms with E-state index in [2.05, 4.69) is 0 Å². The molecule has 0 aromatic heterocycles. The van der Waals surface area contributed by atoms with Crippen molar-refractivity contribution in [2.24, 2.45) is 5.41 Å². The van der Waals surface area contributed by atoms with Crippen molar-refractivity contribution in [3.8, 4) is 0 Å². The van der Waals surface area contributed by atoms with Crippen LogP contribution in [-0.2, 0) is 11.2 Å². The van der Waals surface area contributed by atoms with Gasteiger partial charge in [-0.2, -0.15) is 0 Å². The van der Waals surface area contributed by atoms with E-state index in [0.29, 0.717) is 0 Å². The van der Waals surface area contributed by atoms with Crippen LogP contribution >= 0.6 is 0 Å². The maximum Gasteiger partial charge on any atom is 0.232 e. The molecule has 1 aliphatic rings. The normalized spacial score (nSPS) is 15.1. The minimum Gasteiger partial charge on any atom is -0.398 e. The molecule has 0 unspecified atom stereocenters. The monoisotopic (exact) mass is 218 g/mol. The van der Waals surface area contributed by atoms with Gasteiger partial charge in [-0.05, 0) is 18.6 Å². The second kappa shape index (κ2) is 3.51. The maximum absolute atomic E-state index is 12.2. The van der Waals surface area contributed by atoms with Crippen LogP contribution in [0.4, 0.5) is 11.4 Å². The number of carbonyl (C=O) groups is 1. The van der Waals surface area contributed by atoms with Crippen molar-refractivity contribution in [2.45, 2.75) is 27.2 Å². The smallest absolute Gasteiger partial charge is 0.232 e. The summed E-state index contributed by atoms with van der Waals surface area (Å²) in [5.41, 5.74) is 8.45. The Morgan fingerprint density at radius 1 is 1.38 bits per heavy atom. The Kier molecular flexibility index (Phi) is 2.41. The molecule has 3 nitrogen and oxygen atoms in total. The standard InChI is InChI=1S/C13H18N2O/c1-13(2,3)12(16)15-8-7-9-10(14)5-4-6-11(9)15/h4-6H,7-8,14H2,1-3H3. The zero-order valence-corrected chi connectivity index (χ0v) is 10.1. The molecule has 1 amide bonds. The Hall–Kier alpha value is -1.51. The third-order valence-corrected chi connectivity index (χ3v) is 2.95. The molecule has 2 N–H and O–H groups in total. The lowest BCUT2D eigenvalue weighted by Gasteiger charge is -2.26. The van der Waals surface area contributed by atoms with E-state index in [-0.39, 0.29) is 11.3 Å². The quantitative estimate of drug-likeness (QED) is 0.679. The van der Waals surface area contributed by atoms with Crippen molar-refractivity contribution in [1.29, 1.82) is 0 Å². The number of nitrogen functional groups attached to an aromatic ring is 1. The SMILES string of the molecule is CC(C)(C)C(=O)N1CCc2c(N)cccc21. The number of carbonyl (C=O) groups excluding carboxylic acids is 1. The highest BCUT2D eigenvalue weighted by Gasteiger charge is 2.32. The van der Waals surface area contributed by atoms with Gasteiger partial charge in [-0.15, -0.1) is 0 Å². The number of anilines is 2. The fraction of sp³-hybridized carbons (Fsp3) is 0.462. The molecule has 0 radical (unpaired) electrons. The fourth-order valence-corrected chi connectivity index (χ4v) is 2.08. The van der Waals surface area contributed by atoms with Gasteiger partial charge in [0.25, 0.3) is 0 Å². The highest BCUT2D eigenvalue weighted by molar-refractivity contribution is 5.99. The van der Waals surface area contributed by atoms with Crippen molar-refractivity contribution < 1.29 is 4.79 Å². The third kappa shape index (κ3) is 1.66. The lowest BCUT2D eigenvalue weighted by atomic mass is 9.94. The van der Waals surface area contributed by atoms with Crippen LogP contribution in [0.15, 0.2) is 18.2 Å². The molecule has 1 aliphatic heterocycles. The first-order valence-electron chi connectivity index (χ1n) is 5.60. The van der Waals surface area contributed by atoms with Crippen molar-refractivity contribution in [3.63, 3.8) is 0 Å². The molecule has 3 heteroatoms. The first-order chi connectivity index (χ1) is 7.41. The lowest BCUT2D eigenvalue weighted by molar-refractivity contribution is -0.125. The molecule has 0 spiro atoms. The highest BCUT2D eigenvalue weighted by Crippen LogP contribution is 2.34. The molecule has 0 saturated carbocycles. The van der Waals surface area contributed by atoms with E-state index in [9.17, 15) is 4.79 Å². The van der Waals surface area contributed by atoms with E-state index in [1.165, 1.54) is 0 Å². The van der Waals surface area contributed by atoms with E-state index in [1.54, 1.807) is 0 Å². The molecule has 1 aromatic carbocycles. The lowest BCUT2D eigenvalue weighted by Crippen LogP contribution is -2.38. The average molecular weight is 218 g/mol. The molecule has 0 aliphatic carbocycles. The summed E-state index contributed by atoms with van der Waals surface area (Å²) in [7, 11) is 0. The Morgan fingerprint density at radius 2 is 2.06 bits per heavy atom. The number of benzene rings is 1. The predicted octanol–water partition coefficient (Wildman–Crippen LogP) is 2.20. The van der Waals surface area contributed by atoms with E-state index in [0.717, 1.165) is 29.9 Å². The summed E-state index contributed by atoms with van der Waals surface area (Å²) in [6.45, 7) is 6.58. The first-order valence-corrected chi connectivity index (χ1v) is 5.60. The second-order valence-electron chi connectivity index (χ2n) is 5.30. The van der Waals surface area contributed by atoms with E-state index >= 15 is 0 Å². The summed E-state index contributed by atoms with van der Waals surface area (Å²) in [6.07, 6.45) is 0.865. The molecule has 0 atom stereocenters. The summed E-state index contributed by atoms with van der Waals surface area (Å²) in [4.78, 5) is 14.1. The van der Waals surface area contributed by atoms with Gasteiger partial charge < -0.3 is 10.6 Å². The summed E-state index contributed by atoms with van der Waals surface area (Å²) in [5.74, 6) is 0.164. The van der Waals surface area contributed by atoms with Crippen LogP contribution in [0.3, 0.4) is 0 Å². The first kappa shape index (κ1) is 11.0. The molecule has 2 rings (SSSR count). The van der Waals surface area contributed by atoms with Gasteiger partial charge in [-0.3, -0.25) is 4.79 Å². The molecule has 1 heterocycles. The third-order valence-electron chi connectivity index (χ3n) is 2.95. The largest absolute Gasteiger partial charge is 0.398 e. The highest BCUT2D eigenvalue weighted by atomic mass is 16.2. The Bertz CT molecular complexity index is 432. The number of hydrogen-bond donors (Lipinski definition) is 1. The summed E-state index contributed by atoms with van der Waals surface area (Å²) in [6, 6.07) is 5.77. The molecular weight excluding hydrogens is 200 g/mol. The number of fused-ring (bicyclic) bond motifs is 1. The van der Waals surface area contributed by atoms with Gasteiger partial charge in [0.05, 0.1) is 0 Å². The van der Waals surface area contributed by atoms with Gasteiger partial charge in [-0.1, -0.05) is 26.8 Å².